The van der Waals surface area contributed by atoms with Crippen molar-refractivity contribution < 1.29 is 0 Å². The van der Waals surface area contributed by atoms with E-state index in [1.165, 1.54) is 0 Å². The largest absolute Gasteiger partial charge is 0.343 e. The molecule has 0 amide bonds. The van der Waals surface area contributed by atoms with E-state index in [0.717, 1.165) is 40.9 Å². The molecule has 0 radical (unpaired) electrons. The van der Waals surface area contributed by atoms with Gasteiger partial charge in [-0.15, -0.1) is 0 Å². The molecule has 6 nitrogen and oxygen atoms in total. The molecule has 0 aliphatic heterocycles. The molecular weight excluding hydrogens is 324 g/mol. The highest BCUT2D eigenvalue weighted by atomic mass is 15.1. The van der Waals surface area contributed by atoms with Crippen LogP contribution in [0.3, 0.4) is 0 Å². The summed E-state index contributed by atoms with van der Waals surface area (Å²) >= 11 is 0. The highest BCUT2D eigenvalue weighted by molar-refractivity contribution is 5.70. The van der Waals surface area contributed by atoms with Gasteiger partial charge in [0.25, 0.3) is 0 Å². The molecule has 1 N–H and O–H groups in total. The standard InChI is InChI=1S/C20H24N6/c1-19(2,16-8-7-14-17(25-16)23-12-22-14)9-10-20(3,4)26-13-24-15-6-5-11-21-18(15)26/h5-8,11-13H,9-10H2,1-4H3,(H,22,23,25). The lowest BCUT2D eigenvalue weighted by Gasteiger charge is -2.32. The Morgan fingerprint density at radius 2 is 1.85 bits per heavy atom. The Kier molecular flexibility index (Phi) is 3.79. The van der Waals surface area contributed by atoms with Crippen LogP contribution >= 0.6 is 0 Å². The quantitative estimate of drug-likeness (QED) is 0.587. The van der Waals surface area contributed by atoms with Crippen LogP contribution in [0.5, 0.6) is 0 Å². The number of fused-ring (bicyclic) bond motifs is 2. The lowest BCUT2D eigenvalue weighted by atomic mass is 9.80. The second-order valence-corrected chi connectivity index (χ2v) is 8.13. The third kappa shape index (κ3) is 2.85. The van der Waals surface area contributed by atoms with Gasteiger partial charge in [-0.3, -0.25) is 0 Å². The van der Waals surface area contributed by atoms with Crippen molar-refractivity contribution in [3.63, 3.8) is 0 Å². The summed E-state index contributed by atoms with van der Waals surface area (Å²) in [5.41, 5.74) is 4.56. The third-order valence-corrected chi connectivity index (χ3v) is 5.30. The Morgan fingerprint density at radius 3 is 2.69 bits per heavy atom. The number of nitrogens with zero attached hydrogens (tertiary/aromatic N) is 5. The number of imidazole rings is 2. The van der Waals surface area contributed by atoms with E-state index in [0.29, 0.717) is 0 Å². The average molecular weight is 348 g/mol. The van der Waals surface area contributed by atoms with Gasteiger partial charge in [0.1, 0.15) is 5.52 Å². The molecule has 0 unspecified atom stereocenters. The predicted octanol–water partition coefficient (Wildman–Crippen LogP) is 4.20. The molecule has 0 spiro atoms. The van der Waals surface area contributed by atoms with Crippen molar-refractivity contribution in [2.45, 2.75) is 51.5 Å². The number of rotatable bonds is 5. The molecule has 0 aliphatic rings. The Morgan fingerprint density at radius 1 is 1.00 bits per heavy atom. The molecule has 4 heterocycles. The van der Waals surface area contributed by atoms with Gasteiger partial charge >= 0.3 is 0 Å². The van der Waals surface area contributed by atoms with E-state index in [-0.39, 0.29) is 11.0 Å². The van der Waals surface area contributed by atoms with Crippen molar-refractivity contribution in [2.75, 3.05) is 0 Å². The van der Waals surface area contributed by atoms with E-state index in [4.69, 9.17) is 4.98 Å². The predicted molar refractivity (Wildman–Crippen MR) is 103 cm³/mol. The minimum atomic E-state index is -0.0865. The number of hydrogen-bond donors (Lipinski definition) is 1. The van der Waals surface area contributed by atoms with E-state index < -0.39 is 0 Å². The van der Waals surface area contributed by atoms with Crippen molar-refractivity contribution in [1.29, 1.82) is 0 Å². The molecule has 0 bridgehead atoms. The van der Waals surface area contributed by atoms with Crippen molar-refractivity contribution in [1.82, 2.24) is 29.5 Å². The van der Waals surface area contributed by atoms with Crippen molar-refractivity contribution in [3.05, 3.63) is 48.8 Å². The lowest BCUT2D eigenvalue weighted by Crippen LogP contribution is -2.30. The zero-order chi connectivity index (χ0) is 18.4. The van der Waals surface area contributed by atoms with Crippen molar-refractivity contribution in [3.8, 4) is 0 Å². The number of aromatic nitrogens is 6. The van der Waals surface area contributed by atoms with Crippen LogP contribution in [-0.4, -0.2) is 29.5 Å². The Balaban J connectivity index is 1.58. The van der Waals surface area contributed by atoms with Crippen LogP contribution in [0.4, 0.5) is 0 Å². The fourth-order valence-corrected chi connectivity index (χ4v) is 3.36. The fourth-order valence-electron chi connectivity index (χ4n) is 3.36. The summed E-state index contributed by atoms with van der Waals surface area (Å²) in [4.78, 5) is 21.1. The van der Waals surface area contributed by atoms with Crippen LogP contribution in [0.25, 0.3) is 22.3 Å². The minimum Gasteiger partial charge on any atom is -0.343 e. The van der Waals surface area contributed by atoms with Gasteiger partial charge < -0.3 is 9.55 Å². The van der Waals surface area contributed by atoms with Gasteiger partial charge in [0.15, 0.2) is 11.3 Å². The van der Waals surface area contributed by atoms with Crippen LogP contribution in [-0.2, 0) is 11.0 Å². The second kappa shape index (κ2) is 5.90. The van der Waals surface area contributed by atoms with Crippen LogP contribution in [0.1, 0.15) is 46.2 Å². The molecule has 6 heteroatoms. The van der Waals surface area contributed by atoms with Crippen LogP contribution in [0.2, 0.25) is 0 Å². The van der Waals surface area contributed by atoms with Gasteiger partial charge in [0, 0.05) is 22.8 Å². The topological polar surface area (TPSA) is 72.3 Å². The molecule has 0 atom stereocenters. The summed E-state index contributed by atoms with van der Waals surface area (Å²) < 4.78 is 2.18. The molecule has 0 aliphatic carbocycles. The molecular formula is C20H24N6. The zero-order valence-corrected chi connectivity index (χ0v) is 15.7. The van der Waals surface area contributed by atoms with Crippen LogP contribution in [0.15, 0.2) is 43.1 Å². The summed E-state index contributed by atoms with van der Waals surface area (Å²) in [7, 11) is 0. The summed E-state index contributed by atoms with van der Waals surface area (Å²) in [6.45, 7) is 8.97. The van der Waals surface area contributed by atoms with Gasteiger partial charge in [0.05, 0.1) is 18.2 Å². The van der Waals surface area contributed by atoms with E-state index in [2.05, 4.69) is 64.3 Å². The minimum absolute atomic E-state index is 0.0474. The highest BCUT2D eigenvalue weighted by Crippen LogP contribution is 2.34. The normalized spacial score (nSPS) is 12.9. The zero-order valence-electron chi connectivity index (χ0n) is 15.7. The smallest absolute Gasteiger partial charge is 0.177 e. The first-order chi connectivity index (χ1) is 12.4. The summed E-state index contributed by atoms with van der Waals surface area (Å²) in [6.07, 6.45) is 7.40. The number of pyridine rings is 2. The Hall–Kier alpha value is -2.76. The molecule has 26 heavy (non-hydrogen) atoms. The molecule has 0 aromatic carbocycles. The summed E-state index contributed by atoms with van der Waals surface area (Å²) in [5.74, 6) is 0. The maximum atomic E-state index is 4.75. The van der Waals surface area contributed by atoms with Gasteiger partial charge in [-0.2, -0.15) is 0 Å². The molecule has 134 valence electrons. The fraction of sp³-hybridized carbons (Fsp3) is 0.400. The first-order valence-electron chi connectivity index (χ1n) is 8.96. The van der Waals surface area contributed by atoms with Crippen LogP contribution in [0, 0.1) is 0 Å². The maximum Gasteiger partial charge on any atom is 0.177 e. The summed E-state index contributed by atoms with van der Waals surface area (Å²) in [6, 6.07) is 8.08. The molecule has 0 fully saturated rings. The lowest BCUT2D eigenvalue weighted by molar-refractivity contribution is 0.287. The Bertz CT molecular complexity index is 1060. The van der Waals surface area contributed by atoms with E-state index in [1.54, 1.807) is 6.33 Å². The van der Waals surface area contributed by atoms with Gasteiger partial charge in [-0.1, -0.05) is 13.8 Å². The molecule has 4 rings (SSSR count). The molecule has 4 aromatic heterocycles. The van der Waals surface area contributed by atoms with Crippen LogP contribution < -0.4 is 0 Å². The van der Waals surface area contributed by atoms with E-state index >= 15 is 0 Å². The first-order valence-corrected chi connectivity index (χ1v) is 8.96. The van der Waals surface area contributed by atoms with Crippen molar-refractivity contribution >= 4 is 22.3 Å². The molecule has 4 aromatic rings. The maximum absolute atomic E-state index is 4.75. The van der Waals surface area contributed by atoms with Crippen molar-refractivity contribution in [2.24, 2.45) is 0 Å². The monoisotopic (exact) mass is 348 g/mol. The average Bonchev–Trinajstić information content (AvgIpc) is 3.26. The first kappa shape index (κ1) is 16.7. The van der Waals surface area contributed by atoms with E-state index in [1.807, 2.05) is 24.7 Å². The Labute approximate surface area is 152 Å². The van der Waals surface area contributed by atoms with Gasteiger partial charge in [-0.05, 0) is 51.0 Å². The SMILES string of the molecule is CC(C)(CCC(C)(C)n1cnc2cccnc21)c1ccc2[nH]cnc2n1. The number of hydrogen-bond acceptors (Lipinski definition) is 4. The number of nitrogens with one attached hydrogen (secondary N) is 1. The van der Waals surface area contributed by atoms with E-state index in [9.17, 15) is 0 Å². The highest BCUT2D eigenvalue weighted by Gasteiger charge is 2.29. The molecule has 0 saturated carbocycles. The van der Waals surface area contributed by atoms with Gasteiger partial charge in [0.2, 0.25) is 0 Å². The number of H-pyrrole nitrogens is 1. The summed E-state index contributed by atoms with van der Waals surface area (Å²) in [5, 5.41) is 0. The number of aromatic amines is 1. The third-order valence-electron chi connectivity index (χ3n) is 5.30. The molecule has 0 saturated heterocycles. The second-order valence-electron chi connectivity index (χ2n) is 8.13. The van der Waals surface area contributed by atoms with Gasteiger partial charge in [-0.25, -0.2) is 19.9 Å².